The second-order valence-electron chi connectivity index (χ2n) is 15.1. The van der Waals surface area contributed by atoms with Gasteiger partial charge in [-0.3, -0.25) is 0 Å². The smallest absolute Gasteiger partial charge is 0.180 e. The van der Waals surface area contributed by atoms with E-state index in [9.17, 15) is 0 Å². The molecule has 0 aromatic carbocycles. The van der Waals surface area contributed by atoms with Crippen molar-refractivity contribution < 1.29 is 0 Å². The first-order valence-electron chi connectivity index (χ1n) is 21.2. The minimum atomic E-state index is 0.625. The highest BCUT2D eigenvalue weighted by Crippen LogP contribution is 2.28. The third-order valence-electron chi connectivity index (χ3n) is 9.56. The van der Waals surface area contributed by atoms with Crippen molar-refractivity contribution in [3.8, 4) is 46.1 Å². The van der Waals surface area contributed by atoms with Crippen LogP contribution >= 0.6 is 0 Å². The van der Waals surface area contributed by atoms with E-state index in [0.29, 0.717) is 23.3 Å². The van der Waals surface area contributed by atoms with E-state index >= 15 is 0 Å². The topological polar surface area (TPSA) is 155 Å². The number of unbranched alkanes of at least 4 members (excludes halogenated alkanes) is 6. The van der Waals surface area contributed by atoms with E-state index in [4.69, 9.17) is 19.9 Å². The summed E-state index contributed by atoms with van der Waals surface area (Å²) in [6, 6.07) is 0. The molecule has 0 atom stereocenters. The van der Waals surface area contributed by atoms with Crippen molar-refractivity contribution >= 4 is 0 Å². The molecule has 0 fully saturated rings. The van der Waals surface area contributed by atoms with Crippen molar-refractivity contribution in [2.75, 3.05) is 0 Å². The number of rotatable bonds is 18. The molecule has 0 bridgehead atoms. The Morgan fingerprint density at radius 1 is 0.293 bits per heavy atom. The van der Waals surface area contributed by atoms with Crippen LogP contribution in [0.1, 0.15) is 137 Å². The molecule has 12 nitrogen and oxygen atoms in total. The van der Waals surface area contributed by atoms with Crippen LogP contribution in [0.3, 0.4) is 0 Å². The fourth-order valence-electron chi connectivity index (χ4n) is 6.39. The summed E-state index contributed by atoms with van der Waals surface area (Å²) in [4.78, 5) is 56.2. The van der Waals surface area contributed by atoms with Gasteiger partial charge in [-0.15, -0.1) is 0 Å². The van der Waals surface area contributed by atoms with Crippen molar-refractivity contribution in [1.82, 2.24) is 59.8 Å². The number of hydrogen-bond acceptors (Lipinski definition) is 12. The van der Waals surface area contributed by atoms with Gasteiger partial charge in [0.2, 0.25) is 0 Å². The first-order valence-corrected chi connectivity index (χ1v) is 21.2. The quantitative estimate of drug-likeness (QED) is 0.0762. The minimum absolute atomic E-state index is 0.625. The lowest BCUT2D eigenvalue weighted by Gasteiger charge is -2.14. The van der Waals surface area contributed by atoms with E-state index in [2.05, 4.69) is 67.6 Å². The van der Waals surface area contributed by atoms with Gasteiger partial charge in [0.25, 0.3) is 0 Å². The lowest BCUT2D eigenvalue weighted by molar-refractivity contribution is 0.651. The summed E-state index contributed by atoms with van der Waals surface area (Å²) in [5.74, 6) is 2.56. The highest BCUT2D eigenvalue weighted by molar-refractivity contribution is 5.61. The Hall–Kier alpha value is -5.52. The zero-order chi connectivity index (χ0) is 41.3. The molecule has 0 radical (unpaired) electrons. The van der Waals surface area contributed by atoms with Crippen LogP contribution in [0.5, 0.6) is 0 Å². The molecule has 12 heteroatoms. The SMILES string of the molecule is CCCCCCc1nc(-c2ncc(C)cn2)c(CCCCCC)nc1-c1ncc(C)cn1.CCCc1nc(-c2ncc(C)cn2)c(CCC)nc1-c1ncc(C)cn1. The average Bonchev–Trinajstić information content (AvgIpc) is 3.23. The second-order valence-corrected chi connectivity index (χ2v) is 15.1. The van der Waals surface area contributed by atoms with E-state index < -0.39 is 0 Å². The highest BCUT2D eigenvalue weighted by Gasteiger charge is 2.21. The van der Waals surface area contributed by atoms with Crippen LogP contribution in [0.15, 0.2) is 49.6 Å². The molecule has 0 aliphatic heterocycles. The number of aromatic nitrogens is 12. The number of hydrogen-bond donors (Lipinski definition) is 0. The molecular formula is C46H60N12. The van der Waals surface area contributed by atoms with Gasteiger partial charge in [0.1, 0.15) is 22.8 Å². The van der Waals surface area contributed by atoms with Gasteiger partial charge in [-0.1, -0.05) is 79.1 Å². The minimum Gasteiger partial charge on any atom is -0.245 e. The normalized spacial score (nSPS) is 11.0. The molecule has 0 unspecified atom stereocenters. The van der Waals surface area contributed by atoms with Gasteiger partial charge < -0.3 is 0 Å². The summed E-state index contributed by atoms with van der Waals surface area (Å²) < 4.78 is 0. The van der Waals surface area contributed by atoms with Crippen LogP contribution in [0.25, 0.3) is 46.1 Å². The monoisotopic (exact) mass is 781 g/mol. The maximum Gasteiger partial charge on any atom is 0.180 e. The second kappa shape index (κ2) is 22.4. The predicted octanol–water partition coefficient (Wildman–Crippen LogP) is 10.2. The van der Waals surface area contributed by atoms with Crippen LogP contribution in [-0.2, 0) is 25.7 Å². The summed E-state index contributed by atoms with van der Waals surface area (Å²) in [6.07, 6.45) is 29.3. The van der Waals surface area contributed by atoms with Crippen molar-refractivity contribution in [2.24, 2.45) is 0 Å². The standard InChI is InChI=1S/C26H36N6.C20H24N6/c1-5-7-9-11-13-21-23(25-27-15-19(3)16-28-25)32-22(14-12-10-8-6-2)24(31-21)26-29-17-20(4)18-30-26;1-5-7-15-17(19-21-9-13(3)10-22-19)26-16(8-6-2)18(25-15)20-23-11-14(4)12-24-20/h15-18H,5-14H2,1-4H3;9-12H,5-8H2,1-4H3. The van der Waals surface area contributed by atoms with E-state index in [1.54, 1.807) is 0 Å². The number of aryl methyl sites for hydroxylation is 8. The lowest BCUT2D eigenvalue weighted by Crippen LogP contribution is -2.09. The van der Waals surface area contributed by atoms with Crippen LogP contribution in [-0.4, -0.2) is 59.8 Å². The van der Waals surface area contributed by atoms with Crippen LogP contribution in [0.2, 0.25) is 0 Å². The van der Waals surface area contributed by atoms with E-state index in [0.717, 1.165) is 119 Å². The zero-order valence-electron chi connectivity index (χ0n) is 35.9. The van der Waals surface area contributed by atoms with Gasteiger partial charge in [0, 0.05) is 49.6 Å². The van der Waals surface area contributed by atoms with Crippen LogP contribution in [0, 0.1) is 27.7 Å². The predicted molar refractivity (Wildman–Crippen MR) is 231 cm³/mol. The van der Waals surface area contributed by atoms with Crippen molar-refractivity contribution in [3.05, 3.63) is 94.6 Å². The molecule has 0 amide bonds. The van der Waals surface area contributed by atoms with Gasteiger partial charge in [-0.05, 0) is 88.5 Å². The molecule has 6 aromatic heterocycles. The fourth-order valence-corrected chi connectivity index (χ4v) is 6.39. The molecule has 0 aliphatic carbocycles. The van der Waals surface area contributed by atoms with Crippen LogP contribution < -0.4 is 0 Å². The molecule has 58 heavy (non-hydrogen) atoms. The van der Waals surface area contributed by atoms with Crippen molar-refractivity contribution in [3.63, 3.8) is 0 Å². The van der Waals surface area contributed by atoms with Crippen LogP contribution in [0.4, 0.5) is 0 Å². The summed E-state index contributed by atoms with van der Waals surface area (Å²) in [7, 11) is 0. The van der Waals surface area contributed by atoms with Crippen molar-refractivity contribution in [2.45, 2.75) is 145 Å². The van der Waals surface area contributed by atoms with E-state index in [-0.39, 0.29) is 0 Å². The summed E-state index contributed by atoms with van der Waals surface area (Å²) in [6.45, 7) is 16.7. The molecule has 0 aliphatic rings. The molecule has 6 rings (SSSR count). The Bertz CT molecular complexity index is 2000. The van der Waals surface area contributed by atoms with Gasteiger partial charge in [0.05, 0.1) is 22.8 Å². The van der Waals surface area contributed by atoms with Gasteiger partial charge >= 0.3 is 0 Å². The molecular weight excluding hydrogens is 721 g/mol. The molecule has 0 saturated heterocycles. The Kier molecular flexibility index (Phi) is 16.9. The third kappa shape index (κ3) is 12.2. The summed E-state index contributed by atoms with van der Waals surface area (Å²) >= 11 is 0. The molecule has 6 heterocycles. The summed E-state index contributed by atoms with van der Waals surface area (Å²) in [5.41, 5.74) is 11.0. The molecule has 0 N–H and O–H groups in total. The maximum atomic E-state index is 5.10. The van der Waals surface area contributed by atoms with Crippen molar-refractivity contribution in [1.29, 1.82) is 0 Å². The zero-order valence-corrected chi connectivity index (χ0v) is 35.9. The fraction of sp³-hybridized carbons (Fsp3) is 0.478. The average molecular weight is 781 g/mol. The first-order chi connectivity index (χ1) is 28.2. The Balaban J connectivity index is 0.000000226. The van der Waals surface area contributed by atoms with Gasteiger partial charge in [-0.25, -0.2) is 59.8 Å². The van der Waals surface area contributed by atoms with E-state index in [1.807, 2.05) is 77.3 Å². The van der Waals surface area contributed by atoms with E-state index in [1.165, 1.54) is 38.5 Å². The molecule has 0 spiro atoms. The Morgan fingerprint density at radius 2 is 0.534 bits per heavy atom. The third-order valence-corrected chi connectivity index (χ3v) is 9.56. The molecule has 304 valence electrons. The Labute approximate surface area is 344 Å². The largest absolute Gasteiger partial charge is 0.245 e. The van der Waals surface area contributed by atoms with Gasteiger partial charge in [0.15, 0.2) is 23.3 Å². The first kappa shape index (κ1) is 43.6. The highest BCUT2D eigenvalue weighted by atomic mass is 15.0. The summed E-state index contributed by atoms with van der Waals surface area (Å²) in [5, 5.41) is 0. The maximum absolute atomic E-state index is 5.10. The number of nitrogens with zero attached hydrogens (tertiary/aromatic N) is 12. The van der Waals surface area contributed by atoms with Gasteiger partial charge in [-0.2, -0.15) is 0 Å². The molecule has 6 aromatic rings. The Morgan fingerprint density at radius 3 is 0.759 bits per heavy atom. The lowest BCUT2D eigenvalue weighted by atomic mass is 10.1. The molecule has 0 saturated carbocycles.